The van der Waals surface area contributed by atoms with Gasteiger partial charge in [0.2, 0.25) is 5.91 Å². The summed E-state index contributed by atoms with van der Waals surface area (Å²) in [5.41, 5.74) is 4.52. The van der Waals surface area contributed by atoms with Crippen LogP contribution in [0.5, 0.6) is 5.75 Å². The van der Waals surface area contributed by atoms with Crippen molar-refractivity contribution in [2.45, 2.75) is 25.7 Å². The van der Waals surface area contributed by atoms with E-state index in [1.807, 2.05) is 54.6 Å². The van der Waals surface area contributed by atoms with Crippen LogP contribution in [0.25, 0.3) is 33.3 Å². The van der Waals surface area contributed by atoms with Crippen LogP contribution >= 0.6 is 0 Å². The zero-order valence-corrected chi connectivity index (χ0v) is 22.9. The van der Waals surface area contributed by atoms with Crippen molar-refractivity contribution in [3.05, 3.63) is 108 Å². The van der Waals surface area contributed by atoms with Crippen molar-refractivity contribution >= 4 is 22.8 Å². The average molecular weight is 564 g/mol. The zero-order valence-electron chi connectivity index (χ0n) is 22.9. The average Bonchev–Trinajstić information content (AvgIpc) is 3.43. The predicted octanol–water partition coefficient (Wildman–Crippen LogP) is 6.22. The van der Waals surface area contributed by atoms with Crippen LogP contribution < -0.4 is 0 Å². The Labute approximate surface area is 242 Å². The number of fused-ring (bicyclic) bond motifs is 1. The van der Waals surface area contributed by atoms with Crippen LogP contribution in [0.15, 0.2) is 91.3 Å². The molecule has 3 N–H and O–H groups in total. The number of hydrogen-bond acceptors (Lipinski definition) is 4. The summed E-state index contributed by atoms with van der Waals surface area (Å²) >= 11 is 0. The maximum Gasteiger partial charge on any atom is 0.310 e. The molecule has 1 fully saturated rings. The maximum atomic E-state index is 13.3. The Bertz CT molecular complexity index is 1720. The first-order chi connectivity index (χ1) is 20.3. The SMILES string of the molecule is O=C(Cc1ccc(-c2cccc(-c3cc4ccncc4[nH]3)c2O)cc1)N1CCC(Cc2ccc(F)cc2)(C(=O)O)CC1. The van der Waals surface area contributed by atoms with Crippen molar-refractivity contribution in [2.24, 2.45) is 5.41 Å². The Balaban J connectivity index is 1.12. The van der Waals surface area contributed by atoms with E-state index >= 15 is 0 Å². The van der Waals surface area contributed by atoms with Crippen LogP contribution in [0.3, 0.4) is 0 Å². The molecule has 0 saturated carbocycles. The van der Waals surface area contributed by atoms with Crippen molar-refractivity contribution in [3.63, 3.8) is 0 Å². The van der Waals surface area contributed by atoms with Crippen molar-refractivity contribution in [1.82, 2.24) is 14.9 Å². The Morgan fingerprint density at radius 3 is 2.31 bits per heavy atom. The van der Waals surface area contributed by atoms with E-state index < -0.39 is 11.4 Å². The first-order valence-electron chi connectivity index (χ1n) is 13.9. The Morgan fingerprint density at radius 2 is 1.62 bits per heavy atom. The highest BCUT2D eigenvalue weighted by molar-refractivity contribution is 5.89. The second-order valence-corrected chi connectivity index (χ2v) is 11.0. The highest BCUT2D eigenvalue weighted by Crippen LogP contribution is 2.39. The molecule has 5 aromatic rings. The summed E-state index contributed by atoms with van der Waals surface area (Å²) in [6.07, 6.45) is 4.66. The first kappa shape index (κ1) is 27.2. The molecule has 3 heterocycles. The molecule has 0 aliphatic carbocycles. The Kier molecular flexibility index (Phi) is 7.20. The number of carbonyl (C=O) groups excluding carboxylic acids is 1. The Morgan fingerprint density at radius 1 is 0.929 bits per heavy atom. The van der Waals surface area contributed by atoms with Crippen LogP contribution in [0.1, 0.15) is 24.0 Å². The third kappa shape index (κ3) is 5.35. The van der Waals surface area contributed by atoms with Gasteiger partial charge in [0, 0.05) is 35.8 Å². The molecule has 0 unspecified atom stereocenters. The van der Waals surface area contributed by atoms with E-state index in [0.29, 0.717) is 43.5 Å². The number of nitrogens with zero attached hydrogens (tertiary/aromatic N) is 2. The van der Waals surface area contributed by atoms with E-state index in [9.17, 15) is 24.2 Å². The fraction of sp³-hybridized carbons (Fsp3) is 0.206. The first-order valence-corrected chi connectivity index (χ1v) is 13.9. The molecule has 1 aliphatic heterocycles. The molecular formula is C34H30FN3O4. The number of aromatic nitrogens is 2. The number of pyridine rings is 1. The number of aliphatic carboxylic acids is 1. The molecule has 212 valence electrons. The van der Waals surface area contributed by atoms with E-state index in [1.165, 1.54) is 12.1 Å². The molecule has 8 heteroatoms. The van der Waals surface area contributed by atoms with Crippen LogP contribution in [0.2, 0.25) is 0 Å². The molecule has 7 nitrogen and oxygen atoms in total. The molecule has 0 bridgehead atoms. The number of rotatable bonds is 7. The summed E-state index contributed by atoms with van der Waals surface area (Å²) < 4.78 is 13.3. The Hall–Kier alpha value is -4.98. The van der Waals surface area contributed by atoms with Gasteiger partial charge in [0.05, 0.1) is 29.2 Å². The van der Waals surface area contributed by atoms with Gasteiger partial charge in [0.15, 0.2) is 0 Å². The van der Waals surface area contributed by atoms with E-state index in [4.69, 9.17) is 0 Å². The summed E-state index contributed by atoms with van der Waals surface area (Å²) in [5.74, 6) is -1.13. The molecular weight excluding hydrogens is 533 g/mol. The molecule has 1 amide bonds. The minimum atomic E-state index is -0.976. The van der Waals surface area contributed by atoms with Gasteiger partial charge >= 0.3 is 5.97 Å². The van der Waals surface area contributed by atoms with E-state index in [0.717, 1.165) is 33.3 Å². The van der Waals surface area contributed by atoms with Crippen LogP contribution in [-0.4, -0.2) is 50.0 Å². The molecule has 42 heavy (non-hydrogen) atoms. The third-order valence-electron chi connectivity index (χ3n) is 8.35. The number of nitrogens with one attached hydrogen (secondary N) is 1. The largest absolute Gasteiger partial charge is 0.507 e. The quantitative estimate of drug-likeness (QED) is 0.218. The summed E-state index contributed by atoms with van der Waals surface area (Å²) in [4.78, 5) is 34.5. The highest BCUT2D eigenvalue weighted by Gasteiger charge is 2.42. The number of carbonyl (C=O) groups is 2. The lowest BCUT2D eigenvalue weighted by molar-refractivity contribution is -0.154. The van der Waals surface area contributed by atoms with E-state index in [-0.39, 0.29) is 23.9 Å². The number of benzene rings is 3. The van der Waals surface area contributed by atoms with Crippen LogP contribution in [0, 0.1) is 11.2 Å². The number of aromatic amines is 1. The summed E-state index contributed by atoms with van der Waals surface area (Å²) in [6, 6.07) is 23.0. The van der Waals surface area contributed by atoms with Crippen LogP contribution in [-0.2, 0) is 22.4 Å². The highest BCUT2D eigenvalue weighted by atomic mass is 19.1. The standard InChI is InChI=1S/C34H30FN3O4/c35-26-10-6-23(7-11-26)20-34(33(41)42)13-16-38(17-14-34)31(39)18-22-4-8-24(9-5-22)27-2-1-3-28(32(27)40)29-19-25-12-15-36-21-30(25)37-29/h1-12,15,19,21,37,40H,13-14,16-18,20H2,(H,41,42). The number of likely N-dealkylation sites (tertiary alicyclic amines) is 1. The topological polar surface area (TPSA) is 107 Å². The fourth-order valence-corrected chi connectivity index (χ4v) is 5.84. The number of H-pyrrole nitrogens is 1. The van der Waals surface area contributed by atoms with Gasteiger partial charge in [-0.3, -0.25) is 14.6 Å². The smallest absolute Gasteiger partial charge is 0.310 e. The van der Waals surface area contributed by atoms with Crippen LogP contribution in [0.4, 0.5) is 4.39 Å². The molecule has 0 atom stereocenters. The van der Waals surface area contributed by atoms with Gasteiger partial charge in [-0.05, 0) is 66.3 Å². The molecule has 3 aromatic carbocycles. The summed E-state index contributed by atoms with van der Waals surface area (Å²) in [7, 11) is 0. The minimum absolute atomic E-state index is 0.0540. The van der Waals surface area contributed by atoms with Gasteiger partial charge in [-0.25, -0.2) is 4.39 Å². The van der Waals surface area contributed by atoms with Gasteiger partial charge in [-0.15, -0.1) is 0 Å². The lowest BCUT2D eigenvalue weighted by atomic mass is 9.73. The number of aromatic hydroxyl groups is 1. The van der Waals surface area contributed by atoms with Gasteiger partial charge in [0.1, 0.15) is 11.6 Å². The molecule has 6 rings (SSSR count). The van der Waals surface area contributed by atoms with Crippen molar-refractivity contribution < 1.29 is 24.2 Å². The van der Waals surface area contributed by atoms with Crippen molar-refractivity contribution in [1.29, 1.82) is 0 Å². The number of phenolic OH excluding ortho intramolecular Hbond substituents is 1. The number of halogens is 1. The minimum Gasteiger partial charge on any atom is -0.507 e. The third-order valence-corrected chi connectivity index (χ3v) is 8.35. The fourth-order valence-electron chi connectivity index (χ4n) is 5.84. The normalized spacial score (nSPS) is 14.6. The summed E-state index contributed by atoms with van der Waals surface area (Å²) in [5, 5.41) is 22.2. The molecule has 1 saturated heterocycles. The number of carboxylic acid groups (broad SMARTS) is 1. The maximum absolute atomic E-state index is 13.3. The molecule has 0 radical (unpaired) electrons. The molecule has 0 spiro atoms. The number of hydrogen-bond donors (Lipinski definition) is 3. The number of para-hydroxylation sites is 1. The number of phenols is 1. The number of carboxylic acids is 1. The number of amides is 1. The second-order valence-electron chi connectivity index (χ2n) is 11.0. The van der Waals surface area contributed by atoms with E-state index in [2.05, 4.69) is 9.97 Å². The molecule has 2 aromatic heterocycles. The zero-order chi connectivity index (χ0) is 29.3. The lowest BCUT2D eigenvalue weighted by Crippen LogP contribution is -2.48. The van der Waals surface area contributed by atoms with E-state index in [1.54, 1.807) is 29.4 Å². The summed E-state index contributed by atoms with van der Waals surface area (Å²) in [6.45, 7) is 0.712. The molecule has 1 aliphatic rings. The lowest BCUT2D eigenvalue weighted by Gasteiger charge is -2.39. The van der Waals surface area contributed by atoms with Crippen molar-refractivity contribution in [3.8, 4) is 28.1 Å². The predicted molar refractivity (Wildman–Crippen MR) is 158 cm³/mol. The number of piperidine rings is 1. The van der Waals surface area contributed by atoms with Gasteiger partial charge in [-0.2, -0.15) is 0 Å². The monoisotopic (exact) mass is 563 g/mol. The van der Waals surface area contributed by atoms with Gasteiger partial charge in [0.25, 0.3) is 0 Å². The van der Waals surface area contributed by atoms with Gasteiger partial charge in [-0.1, -0.05) is 48.5 Å². The second kappa shape index (κ2) is 11.1. The van der Waals surface area contributed by atoms with Crippen molar-refractivity contribution in [2.75, 3.05) is 13.1 Å². The van der Waals surface area contributed by atoms with Gasteiger partial charge < -0.3 is 20.1 Å².